The number of nitrogens with zero attached hydrogens (tertiary/aromatic N) is 2. The minimum atomic E-state index is -0.268. The fourth-order valence-electron chi connectivity index (χ4n) is 1.70. The van der Waals surface area contributed by atoms with Crippen LogP contribution in [0.1, 0.15) is 43.4 Å². The summed E-state index contributed by atoms with van der Waals surface area (Å²) in [5.41, 5.74) is 0.971. The first-order valence-corrected chi connectivity index (χ1v) is 8.01. The molecular weight excluding hydrogens is 305 g/mol. The quantitative estimate of drug-likeness (QED) is 0.876. The monoisotopic (exact) mass is 323 g/mol. The van der Waals surface area contributed by atoms with Gasteiger partial charge in [-0.05, 0) is 24.6 Å². The van der Waals surface area contributed by atoms with Gasteiger partial charge in [0.25, 0.3) is 0 Å². The Labute approximate surface area is 132 Å². The van der Waals surface area contributed by atoms with Crippen LogP contribution in [-0.2, 0) is 4.79 Å². The second-order valence-electron chi connectivity index (χ2n) is 5.15. The number of thioether (sulfide) groups is 1. The number of amides is 1. The van der Waals surface area contributed by atoms with E-state index in [2.05, 4.69) is 15.5 Å². The van der Waals surface area contributed by atoms with Crippen molar-refractivity contribution in [2.24, 2.45) is 0 Å². The average Bonchev–Trinajstić information content (AvgIpc) is 2.94. The number of hydrogen-bond acceptors (Lipinski definition) is 5. The van der Waals surface area contributed by atoms with Crippen LogP contribution in [0.4, 0.5) is 10.4 Å². The van der Waals surface area contributed by atoms with E-state index in [0.29, 0.717) is 5.89 Å². The molecule has 7 heteroatoms. The first kappa shape index (κ1) is 16.5. The lowest BCUT2D eigenvalue weighted by Gasteiger charge is -2.10. The van der Waals surface area contributed by atoms with Crippen molar-refractivity contribution < 1.29 is 13.6 Å². The minimum absolute atomic E-state index is 0.0836. The van der Waals surface area contributed by atoms with E-state index in [4.69, 9.17) is 4.42 Å². The number of anilines is 1. The van der Waals surface area contributed by atoms with E-state index in [1.165, 1.54) is 23.9 Å². The lowest BCUT2D eigenvalue weighted by atomic mass is 10.2. The molecule has 5 nitrogen and oxygen atoms in total. The molecule has 0 saturated carbocycles. The molecule has 0 aliphatic carbocycles. The Morgan fingerprint density at radius 3 is 2.55 bits per heavy atom. The highest BCUT2D eigenvalue weighted by Crippen LogP contribution is 2.28. The second kappa shape index (κ2) is 7.40. The predicted octanol–water partition coefficient (Wildman–Crippen LogP) is 3.77. The molecule has 1 unspecified atom stereocenters. The fourth-order valence-corrected chi connectivity index (χ4v) is 2.53. The molecule has 0 aliphatic heterocycles. The van der Waals surface area contributed by atoms with Gasteiger partial charge in [-0.25, -0.2) is 4.39 Å². The van der Waals surface area contributed by atoms with Crippen LogP contribution in [0.5, 0.6) is 0 Å². The number of nitrogens with one attached hydrogen (secondary N) is 1. The summed E-state index contributed by atoms with van der Waals surface area (Å²) in [6.45, 7) is 5.83. The first-order valence-electron chi connectivity index (χ1n) is 6.96. The number of aromatic nitrogens is 2. The van der Waals surface area contributed by atoms with Crippen LogP contribution in [0.15, 0.2) is 28.7 Å². The summed E-state index contributed by atoms with van der Waals surface area (Å²) in [5.74, 6) is 0.375. The molecule has 0 radical (unpaired) electrons. The number of hydrogen-bond donors (Lipinski definition) is 1. The SMILES string of the molecule is CC(C)c1nnc(NC(=O)CSC(C)c2ccc(F)cc2)o1. The van der Waals surface area contributed by atoms with Gasteiger partial charge in [0.05, 0.1) is 5.75 Å². The van der Waals surface area contributed by atoms with Gasteiger partial charge in [-0.1, -0.05) is 31.1 Å². The summed E-state index contributed by atoms with van der Waals surface area (Å²) >= 11 is 1.45. The molecule has 2 rings (SSSR count). The van der Waals surface area contributed by atoms with Crippen molar-refractivity contribution in [2.75, 3.05) is 11.1 Å². The molecule has 1 aromatic carbocycles. The van der Waals surface area contributed by atoms with Crippen molar-refractivity contribution >= 4 is 23.7 Å². The third-order valence-electron chi connectivity index (χ3n) is 2.98. The Morgan fingerprint density at radius 2 is 1.95 bits per heavy atom. The van der Waals surface area contributed by atoms with Crippen molar-refractivity contribution in [3.8, 4) is 0 Å². The highest BCUT2D eigenvalue weighted by molar-refractivity contribution is 8.00. The van der Waals surface area contributed by atoms with Crippen molar-refractivity contribution in [1.29, 1.82) is 0 Å². The van der Waals surface area contributed by atoms with Crippen LogP contribution in [0.2, 0.25) is 0 Å². The summed E-state index contributed by atoms with van der Waals surface area (Å²) in [7, 11) is 0. The Morgan fingerprint density at radius 1 is 1.27 bits per heavy atom. The zero-order valence-electron chi connectivity index (χ0n) is 12.7. The van der Waals surface area contributed by atoms with Crippen LogP contribution >= 0.6 is 11.8 Å². The van der Waals surface area contributed by atoms with E-state index in [9.17, 15) is 9.18 Å². The summed E-state index contributed by atoms with van der Waals surface area (Å²) in [6, 6.07) is 6.38. The largest absolute Gasteiger partial charge is 0.408 e. The predicted molar refractivity (Wildman–Crippen MR) is 84.3 cm³/mol. The molecular formula is C15H18FN3O2S. The van der Waals surface area contributed by atoms with Crippen LogP contribution in [0, 0.1) is 5.82 Å². The summed E-state index contributed by atoms with van der Waals surface area (Å²) < 4.78 is 18.2. The molecule has 22 heavy (non-hydrogen) atoms. The van der Waals surface area contributed by atoms with Crippen molar-refractivity contribution in [3.05, 3.63) is 41.5 Å². The van der Waals surface area contributed by atoms with Gasteiger partial charge in [-0.2, -0.15) is 0 Å². The molecule has 0 aliphatic rings. The standard InChI is InChI=1S/C15H18FN3O2S/c1-9(2)14-18-19-15(21-14)17-13(20)8-22-10(3)11-4-6-12(16)7-5-11/h4-7,9-10H,8H2,1-3H3,(H,17,19,20). The van der Waals surface area contributed by atoms with Crippen LogP contribution < -0.4 is 5.32 Å². The molecule has 1 amide bonds. The molecule has 0 spiro atoms. The third-order valence-corrected chi connectivity index (χ3v) is 4.19. The summed E-state index contributed by atoms with van der Waals surface area (Å²) in [6.07, 6.45) is 0. The molecule has 1 N–H and O–H groups in total. The maximum Gasteiger partial charge on any atom is 0.322 e. The molecule has 1 atom stereocenters. The van der Waals surface area contributed by atoms with Crippen LogP contribution in [0.25, 0.3) is 0 Å². The second-order valence-corrected chi connectivity index (χ2v) is 6.48. The Hall–Kier alpha value is -1.89. The van der Waals surface area contributed by atoms with Crippen molar-refractivity contribution in [1.82, 2.24) is 10.2 Å². The van der Waals surface area contributed by atoms with Gasteiger partial charge in [-0.15, -0.1) is 16.9 Å². The number of rotatable bonds is 6. The van der Waals surface area contributed by atoms with Crippen LogP contribution in [-0.4, -0.2) is 21.9 Å². The number of benzene rings is 1. The minimum Gasteiger partial charge on any atom is -0.408 e. The van der Waals surface area contributed by atoms with Gasteiger partial charge in [0.2, 0.25) is 11.8 Å². The molecule has 1 aromatic heterocycles. The van der Waals surface area contributed by atoms with Crippen molar-refractivity contribution in [3.63, 3.8) is 0 Å². The van der Waals surface area contributed by atoms with Gasteiger partial charge in [0, 0.05) is 11.2 Å². The Balaban J connectivity index is 1.83. The third kappa shape index (κ3) is 4.56. The average molecular weight is 323 g/mol. The maximum absolute atomic E-state index is 12.9. The Kier molecular flexibility index (Phi) is 5.54. The lowest BCUT2D eigenvalue weighted by molar-refractivity contribution is -0.113. The number of carbonyl (C=O) groups excluding carboxylic acids is 1. The highest BCUT2D eigenvalue weighted by atomic mass is 32.2. The zero-order valence-corrected chi connectivity index (χ0v) is 13.5. The van der Waals surface area contributed by atoms with E-state index in [-0.39, 0.29) is 34.7 Å². The zero-order chi connectivity index (χ0) is 16.1. The van der Waals surface area contributed by atoms with Crippen LogP contribution in [0.3, 0.4) is 0 Å². The summed E-state index contributed by atoms with van der Waals surface area (Å²) in [5, 5.41) is 10.3. The van der Waals surface area contributed by atoms with Gasteiger partial charge < -0.3 is 4.42 Å². The van der Waals surface area contributed by atoms with E-state index >= 15 is 0 Å². The molecule has 0 fully saturated rings. The molecule has 1 heterocycles. The van der Waals surface area contributed by atoms with E-state index < -0.39 is 0 Å². The number of carbonyl (C=O) groups is 1. The topological polar surface area (TPSA) is 68.0 Å². The van der Waals surface area contributed by atoms with Gasteiger partial charge in [0.1, 0.15) is 5.82 Å². The van der Waals surface area contributed by atoms with Gasteiger partial charge in [-0.3, -0.25) is 10.1 Å². The first-order chi connectivity index (χ1) is 10.5. The smallest absolute Gasteiger partial charge is 0.322 e. The highest BCUT2D eigenvalue weighted by Gasteiger charge is 2.14. The molecule has 118 valence electrons. The van der Waals surface area contributed by atoms with Gasteiger partial charge >= 0.3 is 6.01 Å². The van der Waals surface area contributed by atoms with E-state index in [1.807, 2.05) is 20.8 Å². The summed E-state index contributed by atoms with van der Waals surface area (Å²) in [4.78, 5) is 11.9. The lowest BCUT2D eigenvalue weighted by Crippen LogP contribution is -2.15. The van der Waals surface area contributed by atoms with Crippen molar-refractivity contribution in [2.45, 2.75) is 31.9 Å². The van der Waals surface area contributed by atoms with Gasteiger partial charge in [0.15, 0.2) is 0 Å². The Bertz CT molecular complexity index is 628. The van der Waals surface area contributed by atoms with E-state index in [1.54, 1.807) is 12.1 Å². The maximum atomic E-state index is 12.9. The number of halogens is 1. The molecule has 0 saturated heterocycles. The normalized spacial score (nSPS) is 12.4. The molecule has 0 bridgehead atoms. The fraction of sp³-hybridized carbons (Fsp3) is 0.400. The van der Waals surface area contributed by atoms with E-state index in [0.717, 1.165) is 5.56 Å². The molecule has 2 aromatic rings.